The highest BCUT2D eigenvalue weighted by atomic mass is 32.2. The summed E-state index contributed by atoms with van der Waals surface area (Å²) in [4.78, 5) is 11.5. The molecule has 1 N–H and O–H groups in total. The number of rotatable bonds is 3. The number of nitriles is 1. The van der Waals surface area contributed by atoms with Crippen LogP contribution in [0.4, 0.5) is 0 Å². The van der Waals surface area contributed by atoms with E-state index in [1.165, 1.54) is 6.92 Å². The number of hydrogen-bond donors (Lipinski definition) is 1. The summed E-state index contributed by atoms with van der Waals surface area (Å²) in [6.45, 7) is 3.61. The molecule has 0 aliphatic carbocycles. The van der Waals surface area contributed by atoms with E-state index in [9.17, 15) is 13.2 Å². The molecular formula is C9H15N3O3S. The molecule has 0 saturated carbocycles. The van der Waals surface area contributed by atoms with E-state index >= 15 is 0 Å². The van der Waals surface area contributed by atoms with Gasteiger partial charge in [0.15, 0.2) is 5.25 Å². The van der Waals surface area contributed by atoms with Crippen molar-refractivity contribution in [3.8, 4) is 6.07 Å². The normalized spacial score (nSPS) is 24.6. The van der Waals surface area contributed by atoms with Gasteiger partial charge in [-0.15, -0.1) is 0 Å². The molecule has 1 aliphatic rings. The van der Waals surface area contributed by atoms with Crippen LogP contribution in [0.25, 0.3) is 0 Å². The number of nitrogens with one attached hydrogen (secondary N) is 1. The third-order valence-corrected chi connectivity index (χ3v) is 4.71. The topological polar surface area (TPSA) is 90.3 Å². The Hall–Kier alpha value is -1.13. The monoisotopic (exact) mass is 245 g/mol. The fourth-order valence-corrected chi connectivity index (χ4v) is 3.14. The van der Waals surface area contributed by atoms with Gasteiger partial charge in [0.1, 0.15) is 6.04 Å². The largest absolute Gasteiger partial charge is 0.353 e. The number of hydrogen-bond acceptors (Lipinski definition) is 4. The lowest BCUT2D eigenvalue weighted by atomic mass is 10.2. The summed E-state index contributed by atoms with van der Waals surface area (Å²) in [5, 5.41) is 10.2. The molecule has 0 aromatic heterocycles. The molecular weight excluding hydrogens is 230 g/mol. The van der Waals surface area contributed by atoms with Crippen molar-refractivity contribution in [3.63, 3.8) is 0 Å². The minimum absolute atomic E-state index is 0.235. The van der Waals surface area contributed by atoms with Crippen LogP contribution < -0.4 is 5.32 Å². The van der Waals surface area contributed by atoms with E-state index in [1.807, 2.05) is 0 Å². The van der Waals surface area contributed by atoms with E-state index in [1.54, 1.807) is 13.0 Å². The molecule has 0 aromatic carbocycles. The number of nitrogens with zero attached hydrogens (tertiary/aromatic N) is 2. The lowest BCUT2D eigenvalue weighted by Gasteiger charge is -2.33. The SMILES string of the molecule is CCC1C(=O)NCCN1S(=O)(=O)C(C)C#N. The van der Waals surface area contributed by atoms with Gasteiger partial charge in [-0.2, -0.15) is 9.57 Å². The number of carbonyl (C=O) groups is 1. The van der Waals surface area contributed by atoms with Crippen LogP contribution in [0.3, 0.4) is 0 Å². The predicted molar refractivity (Wildman–Crippen MR) is 57.8 cm³/mol. The zero-order chi connectivity index (χ0) is 12.3. The lowest BCUT2D eigenvalue weighted by Crippen LogP contribution is -2.58. The molecule has 0 bridgehead atoms. The molecule has 90 valence electrons. The van der Waals surface area contributed by atoms with E-state index < -0.39 is 21.3 Å². The molecule has 1 fully saturated rings. The van der Waals surface area contributed by atoms with Gasteiger partial charge in [-0.1, -0.05) is 6.92 Å². The first kappa shape index (κ1) is 12.9. The van der Waals surface area contributed by atoms with Crippen molar-refractivity contribution in [1.29, 1.82) is 5.26 Å². The predicted octanol–water partition coefficient (Wildman–Crippen LogP) is -0.561. The first-order valence-electron chi connectivity index (χ1n) is 5.13. The van der Waals surface area contributed by atoms with E-state index in [0.717, 1.165) is 4.31 Å². The number of carbonyl (C=O) groups excluding carboxylic acids is 1. The average Bonchev–Trinajstić information content (AvgIpc) is 2.27. The van der Waals surface area contributed by atoms with E-state index in [-0.39, 0.29) is 12.5 Å². The third-order valence-electron chi connectivity index (χ3n) is 2.62. The first-order chi connectivity index (χ1) is 7.45. The maximum atomic E-state index is 12.0. The third kappa shape index (κ3) is 2.18. The second-order valence-electron chi connectivity index (χ2n) is 3.64. The van der Waals surface area contributed by atoms with E-state index in [2.05, 4.69) is 5.32 Å². The molecule has 1 heterocycles. The summed E-state index contributed by atoms with van der Waals surface area (Å²) in [6, 6.07) is 1.02. The summed E-state index contributed by atoms with van der Waals surface area (Å²) < 4.78 is 25.0. The molecule has 2 unspecified atom stereocenters. The number of piperazine rings is 1. The fourth-order valence-electron chi connectivity index (χ4n) is 1.66. The van der Waals surface area contributed by atoms with Crippen LogP contribution in [0.2, 0.25) is 0 Å². The standard InChI is InChI=1S/C9H15N3O3S/c1-3-8-9(13)11-4-5-12(8)16(14,15)7(2)6-10/h7-8H,3-5H2,1-2H3,(H,11,13). The Labute approximate surface area is 95.3 Å². The quantitative estimate of drug-likeness (QED) is 0.721. The Morgan fingerprint density at radius 3 is 2.81 bits per heavy atom. The second-order valence-corrected chi connectivity index (χ2v) is 5.85. The van der Waals surface area contributed by atoms with Crippen molar-refractivity contribution in [3.05, 3.63) is 0 Å². The summed E-state index contributed by atoms with van der Waals surface area (Å²) in [5.41, 5.74) is 0. The maximum absolute atomic E-state index is 12.0. The highest BCUT2D eigenvalue weighted by molar-refractivity contribution is 7.90. The fraction of sp³-hybridized carbons (Fsp3) is 0.778. The van der Waals surface area contributed by atoms with Gasteiger partial charge >= 0.3 is 0 Å². The summed E-state index contributed by atoms with van der Waals surface area (Å²) >= 11 is 0. The van der Waals surface area contributed by atoms with Crippen LogP contribution in [0.5, 0.6) is 0 Å². The Morgan fingerprint density at radius 1 is 1.69 bits per heavy atom. The molecule has 1 saturated heterocycles. The van der Waals surface area contributed by atoms with Crippen LogP contribution in [0.1, 0.15) is 20.3 Å². The van der Waals surface area contributed by atoms with Gasteiger partial charge in [0.2, 0.25) is 15.9 Å². The summed E-state index contributed by atoms with van der Waals surface area (Å²) in [5.74, 6) is -0.289. The average molecular weight is 245 g/mol. The van der Waals surface area contributed by atoms with Gasteiger partial charge in [0.05, 0.1) is 6.07 Å². The van der Waals surface area contributed by atoms with E-state index in [4.69, 9.17) is 5.26 Å². The van der Waals surface area contributed by atoms with Crippen molar-refractivity contribution in [2.75, 3.05) is 13.1 Å². The lowest BCUT2D eigenvalue weighted by molar-refractivity contribution is -0.126. The van der Waals surface area contributed by atoms with Crippen molar-refractivity contribution in [1.82, 2.24) is 9.62 Å². The Morgan fingerprint density at radius 2 is 2.31 bits per heavy atom. The van der Waals surface area contributed by atoms with Gasteiger partial charge < -0.3 is 5.32 Å². The molecule has 1 rings (SSSR count). The van der Waals surface area contributed by atoms with Crippen LogP contribution in [-0.2, 0) is 14.8 Å². The number of amides is 1. The van der Waals surface area contributed by atoms with Crippen molar-refractivity contribution in [2.45, 2.75) is 31.6 Å². The number of sulfonamides is 1. The van der Waals surface area contributed by atoms with Gasteiger partial charge in [-0.05, 0) is 13.3 Å². The Kier molecular flexibility index (Phi) is 3.88. The highest BCUT2D eigenvalue weighted by Gasteiger charge is 2.39. The van der Waals surface area contributed by atoms with Gasteiger partial charge in [0, 0.05) is 13.1 Å². The minimum atomic E-state index is -3.69. The molecule has 16 heavy (non-hydrogen) atoms. The smallest absolute Gasteiger partial charge is 0.238 e. The molecule has 0 aromatic rings. The molecule has 0 radical (unpaired) electrons. The Bertz CT molecular complexity index is 412. The van der Waals surface area contributed by atoms with E-state index in [0.29, 0.717) is 13.0 Å². The van der Waals surface area contributed by atoms with Gasteiger partial charge in [-0.3, -0.25) is 4.79 Å². The Balaban J connectivity index is 3.03. The molecule has 2 atom stereocenters. The minimum Gasteiger partial charge on any atom is -0.353 e. The second kappa shape index (κ2) is 4.80. The molecule has 1 amide bonds. The summed E-state index contributed by atoms with van der Waals surface area (Å²) in [6.07, 6.45) is 0.406. The van der Waals surface area contributed by atoms with Crippen LogP contribution in [-0.4, -0.2) is 43.0 Å². The van der Waals surface area contributed by atoms with Crippen molar-refractivity contribution >= 4 is 15.9 Å². The molecule has 7 heteroatoms. The molecule has 0 spiro atoms. The van der Waals surface area contributed by atoms with Crippen LogP contribution in [0.15, 0.2) is 0 Å². The van der Waals surface area contributed by atoms with Gasteiger partial charge in [0.25, 0.3) is 0 Å². The zero-order valence-electron chi connectivity index (χ0n) is 9.30. The summed E-state index contributed by atoms with van der Waals surface area (Å²) in [7, 11) is -3.69. The highest BCUT2D eigenvalue weighted by Crippen LogP contribution is 2.17. The molecule has 6 nitrogen and oxygen atoms in total. The molecule has 1 aliphatic heterocycles. The van der Waals surface area contributed by atoms with Gasteiger partial charge in [-0.25, -0.2) is 8.42 Å². The maximum Gasteiger partial charge on any atom is 0.238 e. The van der Waals surface area contributed by atoms with Crippen molar-refractivity contribution < 1.29 is 13.2 Å². The van der Waals surface area contributed by atoms with Crippen LogP contribution in [0, 0.1) is 11.3 Å². The zero-order valence-corrected chi connectivity index (χ0v) is 10.1. The first-order valence-corrected chi connectivity index (χ1v) is 6.63. The van der Waals surface area contributed by atoms with Crippen LogP contribution >= 0.6 is 0 Å². The van der Waals surface area contributed by atoms with Crippen molar-refractivity contribution in [2.24, 2.45) is 0 Å².